The van der Waals surface area contributed by atoms with E-state index in [1.54, 1.807) is 6.92 Å². The van der Waals surface area contributed by atoms with Gasteiger partial charge in [0.1, 0.15) is 10.6 Å². The lowest BCUT2D eigenvalue weighted by atomic mass is 10.2. The van der Waals surface area contributed by atoms with E-state index in [2.05, 4.69) is 4.18 Å². The molecule has 0 aromatic heterocycles. The van der Waals surface area contributed by atoms with Gasteiger partial charge in [0.25, 0.3) is 0 Å². The number of ether oxygens (including phenoxy) is 1. The fourth-order valence-corrected chi connectivity index (χ4v) is 3.12. The third-order valence-corrected chi connectivity index (χ3v) is 4.63. The summed E-state index contributed by atoms with van der Waals surface area (Å²) in [5.74, 6) is -0.547. The predicted octanol–water partition coefficient (Wildman–Crippen LogP) is 0.179. The van der Waals surface area contributed by atoms with E-state index >= 15 is 0 Å². The van der Waals surface area contributed by atoms with E-state index in [4.69, 9.17) is 15.0 Å². The number of anilines is 1. The van der Waals surface area contributed by atoms with Gasteiger partial charge >= 0.3 is 10.4 Å². The highest BCUT2D eigenvalue weighted by Crippen LogP contribution is 2.29. The van der Waals surface area contributed by atoms with Gasteiger partial charge in [-0.3, -0.25) is 4.55 Å². The molecule has 0 atom stereocenters. The second-order valence-electron chi connectivity index (χ2n) is 3.93. The molecule has 20 heavy (non-hydrogen) atoms. The quantitative estimate of drug-likeness (QED) is 0.559. The lowest BCUT2D eigenvalue weighted by Gasteiger charge is -2.12. The highest BCUT2D eigenvalue weighted by atomic mass is 32.3. The Bertz CT molecular complexity index is 695. The third-order valence-electron chi connectivity index (χ3n) is 2.47. The molecule has 8 nitrogen and oxygen atoms in total. The van der Waals surface area contributed by atoms with Gasteiger partial charge < -0.3 is 10.5 Å². The van der Waals surface area contributed by atoms with E-state index in [-0.39, 0.29) is 16.3 Å². The van der Waals surface area contributed by atoms with Crippen LogP contribution in [0.25, 0.3) is 0 Å². The number of nitrogen functional groups attached to an aromatic ring is 1. The lowest BCUT2D eigenvalue weighted by Crippen LogP contribution is -2.16. The van der Waals surface area contributed by atoms with Gasteiger partial charge in [0.2, 0.25) is 0 Å². The zero-order valence-corrected chi connectivity index (χ0v) is 12.5. The fraction of sp³-hybridized carbons (Fsp3) is 0.400. The monoisotopic (exact) mass is 325 g/mol. The van der Waals surface area contributed by atoms with Crippen molar-refractivity contribution in [3.05, 3.63) is 17.7 Å². The van der Waals surface area contributed by atoms with E-state index in [1.807, 2.05) is 0 Å². The van der Waals surface area contributed by atoms with Gasteiger partial charge in [-0.15, -0.1) is 0 Å². The summed E-state index contributed by atoms with van der Waals surface area (Å²) >= 11 is 0. The summed E-state index contributed by atoms with van der Waals surface area (Å²) in [6, 6.07) is 2.70. The summed E-state index contributed by atoms with van der Waals surface area (Å²) in [6.45, 7) is 0.980. The second-order valence-corrected chi connectivity index (χ2v) is 7.10. The highest BCUT2D eigenvalue weighted by Gasteiger charge is 2.22. The number of methoxy groups -OCH3 is 1. The number of sulfone groups is 1. The maximum absolute atomic E-state index is 12.1. The molecular weight excluding hydrogens is 310 g/mol. The molecule has 1 aromatic carbocycles. The molecule has 114 valence electrons. The van der Waals surface area contributed by atoms with Crippen LogP contribution in [0.2, 0.25) is 0 Å². The van der Waals surface area contributed by atoms with Crippen LogP contribution in [0.5, 0.6) is 5.75 Å². The van der Waals surface area contributed by atoms with Crippen LogP contribution < -0.4 is 10.5 Å². The molecular formula is C10H15NO7S2. The Balaban J connectivity index is 3.06. The molecule has 1 aromatic rings. The molecule has 0 radical (unpaired) electrons. The minimum atomic E-state index is -4.68. The average molecular weight is 325 g/mol. The van der Waals surface area contributed by atoms with Gasteiger partial charge in [0, 0.05) is 5.69 Å². The molecule has 0 unspecified atom stereocenters. The van der Waals surface area contributed by atoms with E-state index in [1.165, 1.54) is 19.2 Å². The fourth-order valence-electron chi connectivity index (χ4n) is 1.44. The number of aryl methyl sites for hydroxylation is 1. The summed E-state index contributed by atoms with van der Waals surface area (Å²) in [6.07, 6.45) is 0. The first-order valence-corrected chi connectivity index (χ1v) is 8.37. The molecule has 0 spiro atoms. The summed E-state index contributed by atoms with van der Waals surface area (Å²) in [5, 5.41) is 0. The molecule has 0 saturated heterocycles. The normalized spacial score (nSPS) is 12.3. The van der Waals surface area contributed by atoms with Gasteiger partial charge in [-0.05, 0) is 24.6 Å². The van der Waals surface area contributed by atoms with Gasteiger partial charge in [0.05, 0.1) is 19.5 Å². The van der Waals surface area contributed by atoms with Crippen molar-refractivity contribution in [2.45, 2.75) is 11.8 Å². The largest absolute Gasteiger partial charge is 0.495 e. The summed E-state index contributed by atoms with van der Waals surface area (Å²) in [5.41, 5.74) is 6.56. The van der Waals surface area contributed by atoms with Gasteiger partial charge in [-0.2, -0.15) is 8.42 Å². The van der Waals surface area contributed by atoms with Crippen LogP contribution in [0.3, 0.4) is 0 Å². The van der Waals surface area contributed by atoms with Crippen molar-refractivity contribution in [1.29, 1.82) is 0 Å². The first kappa shape index (κ1) is 16.7. The first-order valence-electron chi connectivity index (χ1n) is 5.35. The van der Waals surface area contributed by atoms with Gasteiger partial charge in [0.15, 0.2) is 9.84 Å². The minimum Gasteiger partial charge on any atom is -0.495 e. The molecule has 0 aliphatic carbocycles. The number of hydrogen-bond donors (Lipinski definition) is 2. The molecule has 0 aliphatic heterocycles. The number of nitrogens with two attached hydrogens (primary N) is 1. The summed E-state index contributed by atoms with van der Waals surface area (Å²) < 4.78 is 62.2. The smallest absolute Gasteiger partial charge is 0.397 e. The number of hydrogen-bond acceptors (Lipinski definition) is 7. The summed E-state index contributed by atoms with van der Waals surface area (Å²) in [4.78, 5) is -0.165. The van der Waals surface area contributed by atoms with Crippen molar-refractivity contribution in [1.82, 2.24) is 0 Å². The lowest BCUT2D eigenvalue weighted by molar-refractivity contribution is 0.284. The van der Waals surface area contributed by atoms with E-state index in [9.17, 15) is 16.8 Å². The maximum atomic E-state index is 12.1. The molecule has 0 heterocycles. The predicted molar refractivity (Wildman–Crippen MR) is 71.7 cm³/mol. The van der Waals surface area contributed by atoms with Gasteiger partial charge in [-0.1, -0.05) is 0 Å². The van der Waals surface area contributed by atoms with Crippen molar-refractivity contribution in [3.63, 3.8) is 0 Å². The number of rotatable bonds is 6. The second kappa shape index (κ2) is 5.95. The van der Waals surface area contributed by atoms with E-state index < -0.39 is 32.6 Å². The summed E-state index contributed by atoms with van der Waals surface area (Å²) in [7, 11) is -7.25. The van der Waals surface area contributed by atoms with Crippen molar-refractivity contribution in [2.24, 2.45) is 0 Å². The molecule has 0 saturated carbocycles. The highest BCUT2D eigenvalue weighted by molar-refractivity contribution is 7.91. The van der Waals surface area contributed by atoms with Crippen LogP contribution in [0.1, 0.15) is 5.56 Å². The van der Waals surface area contributed by atoms with Crippen LogP contribution in [0.4, 0.5) is 5.69 Å². The van der Waals surface area contributed by atoms with Crippen LogP contribution in [-0.2, 0) is 24.4 Å². The Labute approximate surface area is 117 Å². The van der Waals surface area contributed by atoms with Gasteiger partial charge in [-0.25, -0.2) is 12.6 Å². The van der Waals surface area contributed by atoms with E-state index in [0.29, 0.717) is 5.56 Å². The zero-order valence-electron chi connectivity index (χ0n) is 10.9. The van der Waals surface area contributed by atoms with E-state index in [0.717, 1.165) is 0 Å². The standard InChI is InChI=1S/C10H15NO7S2/c1-7-5-9(17-2)10(6-8(7)11)19(12,13)4-3-18-20(14,15)16/h5-6H,3-4,11H2,1-2H3,(H,14,15,16). The van der Waals surface area contributed by atoms with Crippen molar-refractivity contribution < 1.29 is 30.3 Å². The Morgan fingerprint density at radius 2 is 1.85 bits per heavy atom. The Kier molecular flexibility index (Phi) is 4.97. The molecule has 0 aliphatic rings. The number of benzene rings is 1. The van der Waals surface area contributed by atoms with Crippen molar-refractivity contribution in [3.8, 4) is 5.75 Å². The molecule has 0 bridgehead atoms. The molecule has 10 heteroatoms. The topological polar surface area (TPSA) is 133 Å². The zero-order chi connectivity index (χ0) is 15.6. The van der Waals surface area contributed by atoms with Crippen molar-refractivity contribution >= 4 is 25.9 Å². The van der Waals surface area contributed by atoms with Crippen LogP contribution in [-0.4, -0.2) is 40.9 Å². The first-order chi connectivity index (χ1) is 9.07. The SMILES string of the molecule is COc1cc(C)c(N)cc1S(=O)(=O)CCOS(=O)(=O)O. The van der Waals surface area contributed by atoms with Crippen LogP contribution in [0.15, 0.2) is 17.0 Å². The Hall–Kier alpha value is -1.36. The molecule has 3 N–H and O–H groups in total. The minimum absolute atomic E-state index is 0.101. The van der Waals surface area contributed by atoms with Crippen LogP contribution in [0, 0.1) is 6.92 Å². The molecule has 0 fully saturated rings. The molecule has 1 rings (SSSR count). The maximum Gasteiger partial charge on any atom is 0.397 e. The van der Waals surface area contributed by atoms with Crippen LogP contribution >= 0.6 is 0 Å². The molecule has 0 amide bonds. The average Bonchev–Trinajstić information content (AvgIpc) is 2.29. The van der Waals surface area contributed by atoms with Crippen molar-refractivity contribution in [2.75, 3.05) is 25.2 Å². The Morgan fingerprint density at radius 1 is 1.25 bits per heavy atom. The Morgan fingerprint density at radius 3 is 2.35 bits per heavy atom. The third kappa shape index (κ3) is 4.34.